The molecule has 3 aromatic rings. The van der Waals surface area contributed by atoms with Crippen LogP contribution in [0.2, 0.25) is 10.0 Å². The first-order valence-corrected chi connectivity index (χ1v) is 12.4. The Balaban J connectivity index is 1.28. The highest BCUT2D eigenvalue weighted by Gasteiger charge is 2.23. The third-order valence-corrected chi connectivity index (χ3v) is 7.26. The molecule has 0 aliphatic carbocycles. The van der Waals surface area contributed by atoms with Crippen molar-refractivity contribution in [3.63, 3.8) is 0 Å². The van der Waals surface area contributed by atoms with Gasteiger partial charge in [0.2, 0.25) is 0 Å². The first kappa shape index (κ1) is 24.6. The van der Waals surface area contributed by atoms with Crippen molar-refractivity contribution in [2.24, 2.45) is 0 Å². The SMILES string of the molecule is Cc1nc(C(=O)N(C)CCCN2CCN(c3cccc(Cl)c3Cl)CC2)c(C)n1-c1ccccc1. The van der Waals surface area contributed by atoms with Crippen molar-refractivity contribution < 1.29 is 4.79 Å². The Bertz CT molecular complexity index is 1140. The third-order valence-electron chi connectivity index (χ3n) is 6.45. The normalized spacial score (nSPS) is 14.4. The molecule has 34 heavy (non-hydrogen) atoms. The Hall–Kier alpha value is -2.54. The number of amides is 1. The molecule has 1 saturated heterocycles. The topological polar surface area (TPSA) is 44.6 Å². The summed E-state index contributed by atoms with van der Waals surface area (Å²) in [5.74, 6) is 0.786. The second kappa shape index (κ2) is 10.8. The lowest BCUT2D eigenvalue weighted by atomic mass is 10.2. The van der Waals surface area contributed by atoms with Crippen LogP contribution in [-0.2, 0) is 0 Å². The number of imidazole rings is 1. The van der Waals surface area contributed by atoms with Crippen LogP contribution in [0.15, 0.2) is 48.5 Å². The molecule has 180 valence electrons. The molecule has 0 saturated carbocycles. The molecule has 4 rings (SSSR count). The molecular formula is C26H31Cl2N5O. The van der Waals surface area contributed by atoms with Gasteiger partial charge in [-0.15, -0.1) is 0 Å². The van der Waals surface area contributed by atoms with Crippen LogP contribution in [0, 0.1) is 13.8 Å². The molecule has 0 atom stereocenters. The number of aromatic nitrogens is 2. The minimum absolute atomic E-state index is 0.0318. The summed E-state index contributed by atoms with van der Waals surface area (Å²) < 4.78 is 2.03. The van der Waals surface area contributed by atoms with Gasteiger partial charge in [-0.1, -0.05) is 47.5 Å². The minimum atomic E-state index is -0.0318. The lowest BCUT2D eigenvalue weighted by molar-refractivity contribution is 0.0782. The highest BCUT2D eigenvalue weighted by molar-refractivity contribution is 6.43. The maximum Gasteiger partial charge on any atom is 0.274 e. The van der Waals surface area contributed by atoms with E-state index in [9.17, 15) is 4.79 Å². The van der Waals surface area contributed by atoms with Gasteiger partial charge in [-0.25, -0.2) is 4.98 Å². The Kier molecular flexibility index (Phi) is 7.81. The summed E-state index contributed by atoms with van der Waals surface area (Å²) in [6.45, 7) is 9.27. The highest BCUT2D eigenvalue weighted by atomic mass is 35.5. The van der Waals surface area contributed by atoms with Crippen molar-refractivity contribution in [2.45, 2.75) is 20.3 Å². The van der Waals surface area contributed by atoms with Crippen LogP contribution in [0.25, 0.3) is 5.69 Å². The fraction of sp³-hybridized carbons (Fsp3) is 0.385. The quantitative estimate of drug-likeness (QED) is 0.454. The van der Waals surface area contributed by atoms with E-state index in [1.54, 1.807) is 4.90 Å². The van der Waals surface area contributed by atoms with Crippen LogP contribution in [0.4, 0.5) is 5.69 Å². The van der Waals surface area contributed by atoms with Gasteiger partial charge in [0, 0.05) is 45.5 Å². The lowest BCUT2D eigenvalue weighted by Gasteiger charge is -2.36. The van der Waals surface area contributed by atoms with E-state index in [-0.39, 0.29) is 5.91 Å². The standard InChI is InChI=1S/C26H31Cl2N5O/c1-19-25(29-20(2)33(19)21-9-5-4-6-10-21)26(34)30(3)13-8-14-31-15-17-32(18-16-31)23-12-7-11-22(27)24(23)28/h4-7,9-12H,8,13-18H2,1-3H3. The Labute approximate surface area is 211 Å². The zero-order chi connectivity index (χ0) is 24.2. The molecule has 0 unspecified atom stereocenters. The van der Waals surface area contributed by atoms with Gasteiger partial charge in [0.25, 0.3) is 5.91 Å². The molecule has 1 fully saturated rings. The summed E-state index contributed by atoms with van der Waals surface area (Å²) in [6.07, 6.45) is 0.914. The minimum Gasteiger partial charge on any atom is -0.368 e. The number of hydrogen-bond donors (Lipinski definition) is 0. The van der Waals surface area contributed by atoms with Gasteiger partial charge in [-0.2, -0.15) is 0 Å². The third kappa shape index (κ3) is 5.24. The summed E-state index contributed by atoms with van der Waals surface area (Å²) in [6, 6.07) is 15.8. The number of anilines is 1. The zero-order valence-electron chi connectivity index (χ0n) is 20.0. The van der Waals surface area contributed by atoms with Gasteiger partial charge >= 0.3 is 0 Å². The van der Waals surface area contributed by atoms with E-state index in [4.69, 9.17) is 23.2 Å². The molecule has 0 bridgehead atoms. The van der Waals surface area contributed by atoms with E-state index < -0.39 is 0 Å². The van der Waals surface area contributed by atoms with Crippen molar-refractivity contribution in [3.05, 3.63) is 75.8 Å². The van der Waals surface area contributed by atoms with E-state index in [1.807, 2.05) is 74.0 Å². The van der Waals surface area contributed by atoms with Gasteiger partial charge in [-0.3, -0.25) is 9.69 Å². The number of halogens is 2. The first-order valence-electron chi connectivity index (χ1n) is 11.6. The molecule has 1 aliphatic rings. The van der Waals surface area contributed by atoms with Crippen LogP contribution in [0.1, 0.15) is 28.4 Å². The number of benzene rings is 2. The summed E-state index contributed by atoms with van der Waals surface area (Å²) >= 11 is 12.6. The van der Waals surface area contributed by atoms with Crippen LogP contribution < -0.4 is 4.90 Å². The lowest BCUT2D eigenvalue weighted by Crippen LogP contribution is -2.47. The zero-order valence-corrected chi connectivity index (χ0v) is 21.5. The smallest absolute Gasteiger partial charge is 0.274 e. The first-order chi connectivity index (χ1) is 16.4. The van der Waals surface area contributed by atoms with Crippen molar-refractivity contribution in [2.75, 3.05) is 51.2 Å². The second-order valence-electron chi connectivity index (χ2n) is 8.75. The van der Waals surface area contributed by atoms with E-state index >= 15 is 0 Å². The Morgan fingerprint density at radius 1 is 1.00 bits per heavy atom. The van der Waals surface area contributed by atoms with Crippen molar-refractivity contribution in [1.82, 2.24) is 19.4 Å². The summed E-state index contributed by atoms with van der Waals surface area (Å²) in [5.41, 5.74) is 3.41. The largest absolute Gasteiger partial charge is 0.368 e. The molecule has 6 nitrogen and oxygen atoms in total. The molecule has 1 aliphatic heterocycles. The molecular weight excluding hydrogens is 469 g/mol. The molecule has 0 spiro atoms. The molecule has 1 amide bonds. The molecule has 8 heteroatoms. The molecule has 2 aromatic carbocycles. The van der Waals surface area contributed by atoms with Crippen LogP contribution in [-0.4, -0.2) is 71.6 Å². The second-order valence-corrected chi connectivity index (χ2v) is 9.53. The Morgan fingerprint density at radius 3 is 2.41 bits per heavy atom. The van der Waals surface area contributed by atoms with E-state index in [2.05, 4.69) is 14.8 Å². The van der Waals surface area contributed by atoms with Gasteiger partial charge in [0.1, 0.15) is 11.5 Å². The van der Waals surface area contributed by atoms with Gasteiger partial charge in [-0.05, 0) is 51.1 Å². The van der Waals surface area contributed by atoms with Crippen molar-refractivity contribution in [3.8, 4) is 5.69 Å². The molecule has 0 radical (unpaired) electrons. The number of aryl methyl sites for hydroxylation is 1. The maximum atomic E-state index is 13.1. The predicted octanol–water partition coefficient (Wildman–Crippen LogP) is 5.08. The van der Waals surface area contributed by atoms with Crippen LogP contribution >= 0.6 is 23.2 Å². The number of carbonyl (C=O) groups excluding carboxylic acids is 1. The molecule has 1 aromatic heterocycles. The van der Waals surface area contributed by atoms with Crippen LogP contribution in [0.3, 0.4) is 0 Å². The fourth-order valence-electron chi connectivity index (χ4n) is 4.56. The van der Waals surface area contributed by atoms with Crippen molar-refractivity contribution in [1.29, 1.82) is 0 Å². The number of piperazine rings is 1. The maximum absolute atomic E-state index is 13.1. The van der Waals surface area contributed by atoms with E-state index in [0.717, 1.165) is 62.0 Å². The highest BCUT2D eigenvalue weighted by Crippen LogP contribution is 2.32. The number of hydrogen-bond acceptors (Lipinski definition) is 4. The Morgan fingerprint density at radius 2 is 1.71 bits per heavy atom. The molecule has 0 N–H and O–H groups in total. The fourth-order valence-corrected chi connectivity index (χ4v) is 4.98. The van der Waals surface area contributed by atoms with Gasteiger partial charge < -0.3 is 14.4 Å². The van der Waals surface area contributed by atoms with Gasteiger partial charge in [0.05, 0.1) is 21.4 Å². The average Bonchev–Trinajstić information content (AvgIpc) is 3.15. The van der Waals surface area contributed by atoms with Crippen molar-refractivity contribution >= 4 is 34.8 Å². The average molecular weight is 500 g/mol. The molecule has 2 heterocycles. The van der Waals surface area contributed by atoms with Crippen LogP contribution in [0.5, 0.6) is 0 Å². The van der Waals surface area contributed by atoms with Gasteiger partial charge in [0.15, 0.2) is 0 Å². The number of carbonyl (C=O) groups is 1. The monoisotopic (exact) mass is 499 g/mol. The summed E-state index contributed by atoms with van der Waals surface area (Å²) in [4.78, 5) is 24.2. The summed E-state index contributed by atoms with van der Waals surface area (Å²) in [7, 11) is 1.86. The van der Waals surface area contributed by atoms with E-state index in [0.29, 0.717) is 22.3 Å². The predicted molar refractivity (Wildman–Crippen MR) is 140 cm³/mol. The number of rotatable bonds is 7. The van der Waals surface area contributed by atoms with E-state index in [1.165, 1.54) is 0 Å². The summed E-state index contributed by atoms with van der Waals surface area (Å²) in [5, 5.41) is 1.21. The number of para-hydroxylation sites is 1. The number of nitrogens with zero attached hydrogens (tertiary/aromatic N) is 5.